The molecule has 0 saturated heterocycles. The van der Waals surface area contributed by atoms with Crippen molar-refractivity contribution in [2.75, 3.05) is 0 Å². The Kier molecular flexibility index (Phi) is 2.28. The lowest BCUT2D eigenvalue weighted by atomic mass is 9.95. The molecule has 2 N–H and O–H groups in total. The Morgan fingerprint density at radius 3 is 2.57 bits per heavy atom. The Morgan fingerprint density at radius 2 is 2.07 bits per heavy atom. The lowest BCUT2D eigenvalue weighted by Crippen LogP contribution is -2.15. The minimum absolute atomic E-state index is 0.116. The minimum atomic E-state index is -0.141. The number of carbonyl (C=O) groups is 1. The normalized spacial score (nSPS) is 26.9. The van der Waals surface area contributed by atoms with E-state index < -0.39 is 0 Å². The summed E-state index contributed by atoms with van der Waals surface area (Å²) in [6, 6.07) is 10.3. The van der Waals surface area contributed by atoms with Gasteiger partial charge in [0, 0.05) is 5.92 Å². The van der Waals surface area contributed by atoms with Crippen LogP contribution in [0.3, 0.4) is 0 Å². The maximum absolute atomic E-state index is 10.9. The smallest absolute Gasteiger partial charge is 0.220 e. The van der Waals surface area contributed by atoms with Crippen molar-refractivity contribution in [3.05, 3.63) is 35.9 Å². The molecule has 1 fully saturated rings. The molecule has 0 spiro atoms. The van der Waals surface area contributed by atoms with Crippen molar-refractivity contribution in [2.45, 2.75) is 19.3 Å². The van der Waals surface area contributed by atoms with E-state index in [1.807, 2.05) is 18.2 Å². The molecule has 1 aliphatic rings. The molecule has 2 nitrogen and oxygen atoms in total. The van der Waals surface area contributed by atoms with E-state index >= 15 is 0 Å². The quantitative estimate of drug-likeness (QED) is 0.775. The van der Waals surface area contributed by atoms with Gasteiger partial charge < -0.3 is 5.73 Å². The molecule has 1 amide bonds. The van der Waals surface area contributed by atoms with E-state index in [1.165, 1.54) is 5.56 Å². The second-order valence-electron chi connectivity index (χ2n) is 4.11. The van der Waals surface area contributed by atoms with Crippen LogP contribution < -0.4 is 5.73 Å². The number of benzene rings is 1. The topological polar surface area (TPSA) is 43.1 Å². The van der Waals surface area contributed by atoms with Crippen molar-refractivity contribution in [1.82, 2.24) is 0 Å². The molecular weight excluding hydrogens is 174 g/mol. The zero-order valence-electron chi connectivity index (χ0n) is 8.31. The number of nitrogens with two attached hydrogens (primary N) is 1. The first-order chi connectivity index (χ1) is 6.70. The number of hydrogen-bond donors (Lipinski definition) is 1. The van der Waals surface area contributed by atoms with Crippen molar-refractivity contribution in [2.24, 2.45) is 17.6 Å². The second kappa shape index (κ2) is 3.45. The van der Waals surface area contributed by atoms with Gasteiger partial charge in [-0.25, -0.2) is 0 Å². The third kappa shape index (κ3) is 1.65. The van der Waals surface area contributed by atoms with Crippen molar-refractivity contribution >= 4 is 5.91 Å². The highest BCUT2D eigenvalue weighted by Gasteiger charge is 2.45. The highest BCUT2D eigenvalue weighted by molar-refractivity contribution is 5.79. The maximum Gasteiger partial charge on any atom is 0.220 e. The van der Waals surface area contributed by atoms with Gasteiger partial charge in [-0.05, 0) is 23.8 Å². The molecule has 2 heteroatoms. The van der Waals surface area contributed by atoms with Crippen LogP contribution in [0.1, 0.15) is 24.8 Å². The fourth-order valence-corrected chi connectivity index (χ4v) is 2.10. The molecule has 14 heavy (non-hydrogen) atoms. The summed E-state index contributed by atoms with van der Waals surface area (Å²) in [7, 11) is 0. The Labute approximate surface area is 84.1 Å². The van der Waals surface area contributed by atoms with Gasteiger partial charge in [-0.15, -0.1) is 0 Å². The Bertz CT molecular complexity index is 333. The zero-order chi connectivity index (χ0) is 10.1. The lowest BCUT2D eigenvalue weighted by Gasteiger charge is -2.10. The summed E-state index contributed by atoms with van der Waals surface area (Å²) in [5.74, 6) is 0.895. The maximum atomic E-state index is 10.9. The average molecular weight is 189 g/mol. The van der Waals surface area contributed by atoms with Gasteiger partial charge in [0.2, 0.25) is 5.91 Å². The summed E-state index contributed by atoms with van der Waals surface area (Å²) in [4.78, 5) is 10.9. The van der Waals surface area contributed by atoms with E-state index in [1.54, 1.807) is 0 Å². The monoisotopic (exact) mass is 189 g/mol. The zero-order valence-corrected chi connectivity index (χ0v) is 8.31. The molecule has 0 heterocycles. The van der Waals surface area contributed by atoms with Crippen LogP contribution in [0.4, 0.5) is 0 Å². The lowest BCUT2D eigenvalue weighted by molar-refractivity contribution is -0.119. The molecule has 0 bridgehead atoms. The number of primary amides is 1. The molecule has 3 atom stereocenters. The van der Waals surface area contributed by atoms with Gasteiger partial charge >= 0.3 is 0 Å². The highest BCUT2D eigenvalue weighted by atomic mass is 16.1. The molecule has 2 unspecified atom stereocenters. The Hall–Kier alpha value is -1.31. The molecule has 1 aliphatic carbocycles. The molecule has 1 aromatic carbocycles. The van der Waals surface area contributed by atoms with Crippen LogP contribution in [0.25, 0.3) is 0 Å². The summed E-state index contributed by atoms with van der Waals surface area (Å²) in [5, 5.41) is 0. The molecular formula is C12H15NO. The molecule has 2 rings (SSSR count). The molecule has 74 valence electrons. The third-order valence-corrected chi connectivity index (χ3v) is 3.17. The third-order valence-electron chi connectivity index (χ3n) is 3.17. The van der Waals surface area contributed by atoms with E-state index in [0.717, 1.165) is 6.42 Å². The van der Waals surface area contributed by atoms with E-state index in [9.17, 15) is 4.79 Å². The van der Waals surface area contributed by atoms with E-state index in [2.05, 4.69) is 19.1 Å². The first-order valence-corrected chi connectivity index (χ1v) is 5.04. The van der Waals surface area contributed by atoms with Crippen LogP contribution in [0.2, 0.25) is 0 Å². The first kappa shape index (κ1) is 9.25. The Morgan fingerprint density at radius 1 is 1.43 bits per heavy atom. The molecule has 1 saturated carbocycles. The summed E-state index contributed by atoms with van der Waals surface area (Å²) < 4.78 is 0. The summed E-state index contributed by atoms with van der Waals surface area (Å²) in [5.41, 5.74) is 6.57. The second-order valence-corrected chi connectivity index (χ2v) is 4.11. The van der Waals surface area contributed by atoms with Gasteiger partial charge in [-0.1, -0.05) is 37.3 Å². The van der Waals surface area contributed by atoms with Gasteiger partial charge in [0.25, 0.3) is 0 Å². The van der Waals surface area contributed by atoms with Gasteiger partial charge in [0.05, 0.1) is 0 Å². The fraction of sp³-hybridized carbons (Fsp3) is 0.417. The predicted molar refractivity (Wildman–Crippen MR) is 55.6 cm³/mol. The Balaban J connectivity index is 2.05. The van der Waals surface area contributed by atoms with Crippen LogP contribution in [0.5, 0.6) is 0 Å². The standard InChI is InChI=1S/C12H15NO/c1-8(9-5-3-2-4-6-9)10-7-11(10)12(13)14/h2-6,8,10-11H,7H2,1H3,(H2,13,14)/t8-,10?,11?/m0/s1. The largest absolute Gasteiger partial charge is 0.369 e. The van der Waals surface area contributed by atoms with Crippen molar-refractivity contribution in [1.29, 1.82) is 0 Å². The molecule has 0 aliphatic heterocycles. The minimum Gasteiger partial charge on any atom is -0.369 e. The first-order valence-electron chi connectivity index (χ1n) is 5.04. The molecule has 0 radical (unpaired) electrons. The van der Waals surface area contributed by atoms with Gasteiger partial charge in [0.1, 0.15) is 0 Å². The van der Waals surface area contributed by atoms with E-state index in [-0.39, 0.29) is 11.8 Å². The van der Waals surface area contributed by atoms with Gasteiger partial charge in [-0.2, -0.15) is 0 Å². The molecule has 1 aromatic rings. The van der Waals surface area contributed by atoms with Crippen LogP contribution in [-0.4, -0.2) is 5.91 Å². The predicted octanol–water partition coefficient (Wildman–Crippen LogP) is 1.91. The summed E-state index contributed by atoms with van der Waals surface area (Å²) in [6.07, 6.45) is 0.964. The van der Waals surface area contributed by atoms with E-state index in [4.69, 9.17) is 5.73 Å². The summed E-state index contributed by atoms with van der Waals surface area (Å²) in [6.45, 7) is 2.17. The number of rotatable bonds is 3. The number of hydrogen-bond acceptors (Lipinski definition) is 1. The highest BCUT2D eigenvalue weighted by Crippen LogP contribution is 2.48. The summed E-state index contributed by atoms with van der Waals surface area (Å²) >= 11 is 0. The van der Waals surface area contributed by atoms with Crippen molar-refractivity contribution in [3.63, 3.8) is 0 Å². The van der Waals surface area contributed by atoms with Crippen LogP contribution in [-0.2, 0) is 4.79 Å². The average Bonchev–Trinajstić information content (AvgIpc) is 2.97. The molecule has 0 aromatic heterocycles. The number of amides is 1. The van der Waals surface area contributed by atoms with Crippen LogP contribution >= 0.6 is 0 Å². The van der Waals surface area contributed by atoms with Crippen LogP contribution in [0.15, 0.2) is 30.3 Å². The SMILES string of the molecule is C[C@@H](c1ccccc1)C1CC1C(N)=O. The van der Waals surface area contributed by atoms with Crippen LogP contribution in [0, 0.1) is 11.8 Å². The van der Waals surface area contributed by atoms with Gasteiger partial charge in [-0.3, -0.25) is 4.79 Å². The van der Waals surface area contributed by atoms with Crippen molar-refractivity contribution < 1.29 is 4.79 Å². The number of carbonyl (C=O) groups excluding carboxylic acids is 1. The van der Waals surface area contributed by atoms with Crippen molar-refractivity contribution in [3.8, 4) is 0 Å². The van der Waals surface area contributed by atoms with E-state index in [0.29, 0.717) is 11.8 Å². The fourth-order valence-electron chi connectivity index (χ4n) is 2.10. The van der Waals surface area contributed by atoms with Gasteiger partial charge in [0.15, 0.2) is 0 Å².